The molecule has 0 saturated carbocycles. The average Bonchev–Trinajstić information content (AvgIpc) is 3.41. The summed E-state index contributed by atoms with van der Waals surface area (Å²) >= 11 is 0. The van der Waals surface area contributed by atoms with Crippen molar-refractivity contribution in [3.63, 3.8) is 0 Å². The number of rotatable bonds is 56. The van der Waals surface area contributed by atoms with Crippen molar-refractivity contribution >= 4 is 25.7 Å². The van der Waals surface area contributed by atoms with Gasteiger partial charge in [-0.3, -0.25) is 23.4 Å². The molecule has 0 aliphatic heterocycles. The molecule has 0 heterocycles. The lowest BCUT2D eigenvalue weighted by Crippen LogP contribution is -2.30. The molecule has 0 aromatic carbocycles. The summed E-state index contributed by atoms with van der Waals surface area (Å²) in [5.41, 5.74) is 0. The van der Waals surface area contributed by atoms with Crippen LogP contribution in [0.5, 0.6) is 0 Å². The minimum Gasteiger partial charge on any atom is -0.462 e. The van der Waals surface area contributed by atoms with Gasteiger partial charge in [-0.25, -0.2) is 4.57 Å². The summed E-state index contributed by atoms with van der Waals surface area (Å²) < 4.78 is 39.6. The van der Waals surface area contributed by atoms with Crippen molar-refractivity contribution in [1.82, 2.24) is 0 Å². The van der Waals surface area contributed by atoms with Crippen LogP contribution in [0, 0.1) is 0 Å². The van der Waals surface area contributed by atoms with Gasteiger partial charge in [-0.2, -0.15) is 0 Å². The second kappa shape index (κ2) is 57.8. The first-order valence-corrected chi connectivity index (χ1v) is 32.0. The van der Waals surface area contributed by atoms with Gasteiger partial charge >= 0.3 is 25.7 Å². The van der Waals surface area contributed by atoms with E-state index in [2.05, 4.69) is 106 Å². The highest BCUT2D eigenvalue weighted by Gasteiger charge is 2.28. The van der Waals surface area contributed by atoms with E-state index in [1.165, 1.54) is 83.5 Å². The number of hydrogen-bond acceptors (Lipinski definition) is 10. The largest absolute Gasteiger partial charge is 0.472 e. The van der Waals surface area contributed by atoms with Crippen LogP contribution in [0.15, 0.2) is 85.1 Å². The fourth-order valence-electron chi connectivity index (χ4n) is 8.14. The molecule has 0 saturated heterocycles. The molecule has 0 amide bonds. The molecule has 438 valence electrons. The fourth-order valence-corrected chi connectivity index (χ4v) is 8.92. The van der Waals surface area contributed by atoms with E-state index in [-0.39, 0.29) is 25.9 Å². The third-order valence-electron chi connectivity index (χ3n) is 12.8. The van der Waals surface area contributed by atoms with Gasteiger partial charge in [0.15, 0.2) is 6.10 Å². The minimum absolute atomic E-state index is 0.153. The molecule has 3 unspecified atom stereocenters. The lowest BCUT2D eigenvalue weighted by molar-refractivity contribution is -0.161. The van der Waals surface area contributed by atoms with Crippen LogP contribution in [0.4, 0.5) is 0 Å². The molecular formula is C64H111O11P. The molecule has 2 N–H and O–H groups in total. The highest BCUT2D eigenvalue weighted by atomic mass is 31.2. The predicted octanol–water partition coefficient (Wildman–Crippen LogP) is 18.3. The highest BCUT2D eigenvalue weighted by Crippen LogP contribution is 2.43. The van der Waals surface area contributed by atoms with E-state index >= 15 is 0 Å². The normalized spacial score (nSPS) is 13.9. The SMILES string of the molecule is CC/C=C\C/C=C\C/C=C\CCCCCCCC(=O)OC(CO)COP(=O)(O)OCC(COC(=O)CCCCCCCCC/C=C\C/C=C\CCCCC)OC(=O)CCCCCCCCC/C=C\C/C=C\CCCCC. The van der Waals surface area contributed by atoms with Gasteiger partial charge in [0, 0.05) is 19.3 Å². The van der Waals surface area contributed by atoms with E-state index in [0.717, 1.165) is 122 Å². The molecule has 76 heavy (non-hydrogen) atoms. The van der Waals surface area contributed by atoms with Crippen LogP contribution in [0.25, 0.3) is 0 Å². The van der Waals surface area contributed by atoms with E-state index in [1.54, 1.807) is 0 Å². The van der Waals surface area contributed by atoms with Crippen LogP contribution in [0.2, 0.25) is 0 Å². The van der Waals surface area contributed by atoms with E-state index in [9.17, 15) is 28.9 Å². The third-order valence-corrected chi connectivity index (χ3v) is 13.7. The lowest BCUT2D eigenvalue weighted by Gasteiger charge is -2.21. The van der Waals surface area contributed by atoms with Crippen LogP contribution in [-0.2, 0) is 42.2 Å². The number of phosphoric acid groups is 1. The summed E-state index contributed by atoms with van der Waals surface area (Å²) in [5.74, 6) is -1.50. The molecule has 0 aromatic heterocycles. The summed E-state index contributed by atoms with van der Waals surface area (Å²) in [4.78, 5) is 48.7. The summed E-state index contributed by atoms with van der Waals surface area (Å²) in [5, 5.41) is 9.83. The van der Waals surface area contributed by atoms with E-state index in [1.807, 2.05) is 0 Å². The number of ether oxygens (including phenoxy) is 3. The van der Waals surface area contributed by atoms with E-state index in [0.29, 0.717) is 19.3 Å². The van der Waals surface area contributed by atoms with Gasteiger partial charge in [0.05, 0.1) is 19.8 Å². The number of carbonyl (C=O) groups is 3. The second-order valence-corrected chi connectivity index (χ2v) is 21.6. The number of phosphoric ester groups is 1. The Morgan fingerprint density at radius 2 is 0.684 bits per heavy atom. The Labute approximate surface area is 464 Å². The number of aliphatic hydroxyl groups is 1. The van der Waals surface area contributed by atoms with Gasteiger partial charge in [-0.1, -0.05) is 215 Å². The molecule has 0 aromatic rings. The summed E-state index contributed by atoms with van der Waals surface area (Å²) in [6.45, 7) is 4.46. The molecule has 0 aliphatic carbocycles. The van der Waals surface area contributed by atoms with Crippen LogP contribution in [-0.4, -0.2) is 66.5 Å². The van der Waals surface area contributed by atoms with Crippen molar-refractivity contribution in [1.29, 1.82) is 0 Å². The molecule has 12 heteroatoms. The monoisotopic (exact) mass is 1090 g/mol. The van der Waals surface area contributed by atoms with Gasteiger partial charge in [-0.05, 0) is 116 Å². The number of hydrogen-bond donors (Lipinski definition) is 2. The molecule has 11 nitrogen and oxygen atoms in total. The first kappa shape index (κ1) is 72.7. The maximum Gasteiger partial charge on any atom is 0.472 e. The Morgan fingerprint density at radius 1 is 0.382 bits per heavy atom. The van der Waals surface area contributed by atoms with Gasteiger partial charge < -0.3 is 24.2 Å². The van der Waals surface area contributed by atoms with Crippen molar-refractivity contribution in [3.05, 3.63) is 85.1 Å². The van der Waals surface area contributed by atoms with E-state index in [4.69, 9.17) is 23.3 Å². The smallest absolute Gasteiger partial charge is 0.462 e. The maximum absolute atomic E-state index is 12.9. The fraction of sp³-hybridized carbons (Fsp3) is 0.734. The Hall–Kier alpha value is -3.34. The van der Waals surface area contributed by atoms with Crippen LogP contribution < -0.4 is 0 Å². The topological polar surface area (TPSA) is 155 Å². The van der Waals surface area contributed by atoms with Crippen molar-refractivity contribution in [2.45, 2.75) is 277 Å². The molecule has 0 aliphatic rings. The molecule has 0 rings (SSSR count). The lowest BCUT2D eigenvalue weighted by atomic mass is 10.1. The number of carbonyl (C=O) groups excluding carboxylic acids is 3. The number of unbranched alkanes of at least 4 members (excludes halogenated alkanes) is 25. The Morgan fingerprint density at radius 3 is 1.05 bits per heavy atom. The Balaban J connectivity index is 4.75. The second-order valence-electron chi connectivity index (χ2n) is 20.1. The van der Waals surface area contributed by atoms with Gasteiger partial charge in [0.25, 0.3) is 0 Å². The summed E-state index contributed by atoms with van der Waals surface area (Å²) in [6, 6.07) is 0. The third kappa shape index (κ3) is 55.4. The molecule has 0 spiro atoms. The Bertz CT molecular complexity index is 1600. The number of allylic oxidation sites excluding steroid dienone is 14. The molecule has 3 atom stereocenters. The molecular weight excluding hydrogens is 976 g/mol. The standard InChI is InChI=1S/C64H111O11P/c1-4-7-10-13-16-19-22-25-28-30-33-35-38-41-44-47-50-53-62(66)71-57-61(75-64(68)55-52-49-46-43-40-37-34-31-29-26-23-20-17-14-11-8-5-2)59-73-76(69,70)72-58-60(56-65)74-63(67)54-51-48-45-42-39-36-32-27-24-21-18-15-12-9-6-3/h9,12,16-21,25-29,32,60-61,65H,4-8,10-11,13-15,22-24,30-31,33-59H2,1-3H3,(H,69,70)/b12-9-,19-16-,20-17-,21-18-,28-25-,29-26-,32-27-. The minimum atomic E-state index is -4.76. The van der Waals surface area contributed by atoms with Gasteiger partial charge in [0.1, 0.15) is 12.7 Å². The van der Waals surface area contributed by atoms with Crippen molar-refractivity contribution < 1.29 is 52.2 Å². The van der Waals surface area contributed by atoms with Crippen molar-refractivity contribution in [2.24, 2.45) is 0 Å². The zero-order chi connectivity index (χ0) is 55.5. The molecule has 0 fully saturated rings. The molecule has 0 radical (unpaired) electrons. The maximum atomic E-state index is 12.9. The zero-order valence-electron chi connectivity index (χ0n) is 48.5. The van der Waals surface area contributed by atoms with Crippen LogP contribution >= 0.6 is 7.82 Å². The quantitative estimate of drug-likeness (QED) is 0.0197. The van der Waals surface area contributed by atoms with E-state index < -0.39 is 57.8 Å². The first-order valence-electron chi connectivity index (χ1n) is 30.5. The zero-order valence-corrected chi connectivity index (χ0v) is 49.3. The van der Waals surface area contributed by atoms with Crippen LogP contribution in [0.3, 0.4) is 0 Å². The number of aliphatic hydroxyl groups excluding tert-OH is 1. The summed E-state index contributed by atoms with van der Waals surface area (Å²) in [7, 11) is -4.76. The van der Waals surface area contributed by atoms with Gasteiger partial charge in [0.2, 0.25) is 0 Å². The predicted molar refractivity (Wildman–Crippen MR) is 316 cm³/mol. The molecule has 0 bridgehead atoms. The average molecular weight is 1090 g/mol. The Kier molecular flexibility index (Phi) is 55.3. The van der Waals surface area contributed by atoms with Crippen molar-refractivity contribution in [2.75, 3.05) is 26.4 Å². The van der Waals surface area contributed by atoms with Crippen LogP contribution in [0.1, 0.15) is 265 Å². The number of esters is 3. The van der Waals surface area contributed by atoms with Gasteiger partial charge in [-0.15, -0.1) is 0 Å². The summed E-state index contributed by atoms with van der Waals surface area (Å²) in [6.07, 6.45) is 66.7. The first-order chi connectivity index (χ1) is 37.2. The highest BCUT2D eigenvalue weighted by molar-refractivity contribution is 7.47. The van der Waals surface area contributed by atoms with Crippen molar-refractivity contribution in [3.8, 4) is 0 Å².